The summed E-state index contributed by atoms with van der Waals surface area (Å²) in [5.41, 5.74) is 0.423. The molecule has 0 amide bonds. The number of carbonyl (C=O) groups excluding carboxylic acids is 2. The SMILES string of the molecule is COCO[C@H]1[C@H](O[C@H]2CC[C@@]3(C)C(CC[C@]4(C)[C@@H]3CC=C3[C@@H]5CC(C)(C)CC[C@]5(C(=O)OC)CC[C@]34C)C2(C)C)O[C@H](C(=O)OC)[C@@H](OCOC)[C@@H]1O[C@H](OCC(=O)O)[C@H](OCOC)C(=O)O. The first-order valence-corrected chi connectivity index (χ1v) is 23.8. The second-order valence-electron chi connectivity index (χ2n) is 21.9. The van der Waals surface area contributed by atoms with Crippen molar-refractivity contribution in [2.24, 2.45) is 50.2 Å². The molecule has 5 fully saturated rings. The first-order valence-electron chi connectivity index (χ1n) is 23.8. The van der Waals surface area contributed by atoms with Crippen molar-refractivity contribution in [3.8, 4) is 0 Å². The van der Waals surface area contributed by atoms with Crippen molar-refractivity contribution < 1.29 is 86.2 Å². The molecular formula is C49H78O18. The van der Waals surface area contributed by atoms with Gasteiger partial charge in [0.1, 0.15) is 45.3 Å². The lowest BCUT2D eigenvalue weighted by molar-refractivity contribution is -0.366. The van der Waals surface area contributed by atoms with Crippen LogP contribution in [0.25, 0.3) is 0 Å². The molecule has 18 nitrogen and oxygen atoms in total. The van der Waals surface area contributed by atoms with E-state index in [1.54, 1.807) is 0 Å². The number of ether oxygens (including phenoxy) is 12. The van der Waals surface area contributed by atoms with Gasteiger partial charge in [0.05, 0.1) is 25.7 Å². The van der Waals surface area contributed by atoms with E-state index in [-0.39, 0.29) is 53.1 Å². The number of hydrogen-bond acceptors (Lipinski definition) is 16. The first-order chi connectivity index (χ1) is 31.5. The number of carboxylic acids is 2. The van der Waals surface area contributed by atoms with Crippen molar-refractivity contribution in [3.63, 3.8) is 0 Å². The number of allylic oxidation sites excluding steroid dienone is 2. The summed E-state index contributed by atoms with van der Waals surface area (Å²) in [6, 6.07) is 0. The Labute approximate surface area is 395 Å². The minimum absolute atomic E-state index is 0.0307. The maximum absolute atomic E-state index is 13.8. The molecule has 0 aromatic heterocycles. The summed E-state index contributed by atoms with van der Waals surface area (Å²) in [4.78, 5) is 51.7. The van der Waals surface area contributed by atoms with E-state index in [9.17, 15) is 29.4 Å². The lowest BCUT2D eigenvalue weighted by atomic mass is 9.33. The minimum Gasteiger partial charge on any atom is -0.480 e. The molecule has 5 aliphatic carbocycles. The van der Waals surface area contributed by atoms with Crippen LogP contribution in [0.2, 0.25) is 0 Å². The Morgan fingerprint density at radius 3 is 2.01 bits per heavy atom. The van der Waals surface area contributed by atoms with Crippen molar-refractivity contribution in [1.29, 1.82) is 0 Å². The third-order valence-electron chi connectivity index (χ3n) is 17.7. The number of fused-ring (bicyclic) bond motifs is 7. The van der Waals surface area contributed by atoms with Crippen LogP contribution >= 0.6 is 0 Å². The molecule has 1 unspecified atom stereocenters. The molecule has 67 heavy (non-hydrogen) atoms. The second-order valence-corrected chi connectivity index (χ2v) is 21.9. The van der Waals surface area contributed by atoms with E-state index in [4.69, 9.17) is 56.8 Å². The zero-order valence-electron chi connectivity index (χ0n) is 41.8. The molecule has 0 aromatic carbocycles. The van der Waals surface area contributed by atoms with Gasteiger partial charge >= 0.3 is 23.9 Å². The van der Waals surface area contributed by atoms with Gasteiger partial charge in [0.2, 0.25) is 6.10 Å². The van der Waals surface area contributed by atoms with E-state index in [0.29, 0.717) is 12.3 Å². The highest BCUT2D eigenvalue weighted by Gasteiger charge is 2.70. The van der Waals surface area contributed by atoms with E-state index < -0.39 is 91.3 Å². The van der Waals surface area contributed by atoms with Crippen molar-refractivity contribution in [3.05, 3.63) is 11.6 Å². The van der Waals surface area contributed by atoms with Crippen LogP contribution < -0.4 is 0 Å². The quantitative estimate of drug-likeness (QED) is 0.0609. The van der Waals surface area contributed by atoms with Gasteiger partial charge < -0.3 is 67.1 Å². The van der Waals surface area contributed by atoms with Gasteiger partial charge in [0.15, 0.2) is 18.7 Å². The summed E-state index contributed by atoms with van der Waals surface area (Å²) in [5, 5.41) is 19.8. The van der Waals surface area contributed by atoms with Crippen LogP contribution in [-0.2, 0) is 76.0 Å². The number of hydrogen-bond donors (Lipinski definition) is 2. The van der Waals surface area contributed by atoms with Gasteiger partial charge in [-0.1, -0.05) is 60.1 Å². The first kappa shape index (κ1) is 53.6. The molecular weight excluding hydrogens is 877 g/mol. The molecule has 382 valence electrons. The molecule has 6 aliphatic rings. The van der Waals surface area contributed by atoms with Crippen LogP contribution in [0.3, 0.4) is 0 Å². The Hall–Kier alpha value is -2.78. The predicted molar refractivity (Wildman–Crippen MR) is 237 cm³/mol. The fourth-order valence-electron chi connectivity index (χ4n) is 14.1. The molecule has 4 saturated carbocycles. The lowest BCUT2D eigenvalue weighted by Crippen LogP contribution is -2.67. The number of carbonyl (C=O) groups is 4. The third kappa shape index (κ3) is 9.83. The summed E-state index contributed by atoms with van der Waals surface area (Å²) in [5.74, 6) is -3.18. The normalized spacial score (nSPS) is 39.5. The standard InChI is InChI=1S/C49H78O18/c1-44(2)19-21-49(43(55)60-12)22-20-47(6)28(29(49)23-44)13-14-31-46(5)17-16-32(45(3,4)30(46)15-18-48(31,47)7)65-42-37(63-26-57-9)35(34(62-25-56-8)36(67-42)40(54)59-11)66-41(61-24-33(50)51)38(39(52)53)64-27-58-10/h13,29-32,34-38,41-42H,14-27H2,1-12H3,(H,50,51)(H,52,53)/t29-,30?,31+,32-,34-,35-,36-,37+,38+,41-,42+,46-,47+,48+,49-/m0/s1. The summed E-state index contributed by atoms with van der Waals surface area (Å²) in [7, 11) is 6.78. The Bertz CT molecular complexity index is 1800. The van der Waals surface area contributed by atoms with Gasteiger partial charge in [-0.3, -0.25) is 4.79 Å². The highest BCUT2D eigenvalue weighted by Crippen LogP contribution is 2.76. The molecule has 1 aliphatic heterocycles. The number of rotatable bonds is 20. The Morgan fingerprint density at radius 2 is 1.40 bits per heavy atom. The van der Waals surface area contributed by atoms with Crippen LogP contribution in [0, 0.1) is 50.2 Å². The monoisotopic (exact) mass is 955 g/mol. The molecule has 15 atom stereocenters. The Balaban J connectivity index is 1.34. The van der Waals surface area contributed by atoms with Crippen molar-refractivity contribution >= 4 is 23.9 Å². The van der Waals surface area contributed by atoms with E-state index in [0.717, 1.165) is 57.8 Å². The third-order valence-corrected chi connectivity index (χ3v) is 17.7. The lowest BCUT2D eigenvalue weighted by Gasteiger charge is -2.71. The smallest absolute Gasteiger partial charge is 0.338 e. The van der Waals surface area contributed by atoms with Gasteiger partial charge in [-0.25, -0.2) is 14.4 Å². The maximum atomic E-state index is 13.8. The minimum atomic E-state index is -1.91. The van der Waals surface area contributed by atoms with Gasteiger partial charge in [-0.15, -0.1) is 0 Å². The fraction of sp³-hybridized carbons (Fsp3) is 0.878. The van der Waals surface area contributed by atoms with E-state index >= 15 is 0 Å². The Kier molecular flexibility index (Phi) is 16.7. The van der Waals surface area contributed by atoms with E-state index in [2.05, 4.69) is 54.5 Å². The molecule has 0 spiro atoms. The highest BCUT2D eigenvalue weighted by atomic mass is 16.8. The number of esters is 2. The average Bonchev–Trinajstić information content (AvgIpc) is 3.27. The molecule has 0 bridgehead atoms. The van der Waals surface area contributed by atoms with Gasteiger partial charge in [-0.2, -0.15) is 0 Å². The predicted octanol–water partition coefficient (Wildman–Crippen LogP) is 6.11. The zero-order chi connectivity index (χ0) is 49.3. The van der Waals surface area contributed by atoms with Gasteiger partial charge in [0, 0.05) is 21.3 Å². The number of aliphatic carboxylic acids is 2. The van der Waals surface area contributed by atoms with Crippen LogP contribution in [0.15, 0.2) is 11.6 Å². The highest BCUT2D eigenvalue weighted by molar-refractivity contribution is 5.79. The van der Waals surface area contributed by atoms with E-state index in [1.165, 1.54) is 41.1 Å². The molecule has 0 radical (unpaired) electrons. The van der Waals surface area contributed by atoms with Crippen LogP contribution in [-0.4, -0.2) is 146 Å². The number of methoxy groups -OCH3 is 5. The van der Waals surface area contributed by atoms with Crippen molar-refractivity contribution in [1.82, 2.24) is 0 Å². The van der Waals surface area contributed by atoms with Crippen molar-refractivity contribution in [2.75, 3.05) is 62.5 Å². The van der Waals surface area contributed by atoms with Gasteiger partial charge in [0.25, 0.3) is 0 Å². The maximum Gasteiger partial charge on any atom is 0.338 e. The topological polar surface area (TPSA) is 220 Å². The van der Waals surface area contributed by atoms with E-state index in [1.807, 2.05) is 0 Å². The number of carboxylic acid groups (broad SMARTS) is 2. The summed E-state index contributed by atoms with van der Waals surface area (Å²) >= 11 is 0. The molecule has 0 aromatic rings. The largest absolute Gasteiger partial charge is 0.480 e. The molecule has 2 N–H and O–H groups in total. The zero-order valence-corrected chi connectivity index (χ0v) is 41.8. The molecule has 1 saturated heterocycles. The summed E-state index contributed by atoms with van der Waals surface area (Å²) in [6.45, 7) is 14.4. The van der Waals surface area contributed by atoms with Gasteiger partial charge in [-0.05, 0) is 109 Å². The van der Waals surface area contributed by atoms with Crippen LogP contribution in [0.1, 0.15) is 113 Å². The second kappa shape index (κ2) is 20.9. The van der Waals surface area contributed by atoms with Crippen molar-refractivity contribution in [2.45, 2.75) is 162 Å². The van der Waals surface area contributed by atoms with Crippen LogP contribution in [0.5, 0.6) is 0 Å². The molecule has 1 heterocycles. The molecule has 6 rings (SSSR count). The fourth-order valence-corrected chi connectivity index (χ4v) is 14.1. The Morgan fingerprint density at radius 1 is 0.746 bits per heavy atom. The summed E-state index contributed by atoms with van der Waals surface area (Å²) < 4.78 is 69.4. The summed E-state index contributed by atoms with van der Waals surface area (Å²) in [6.07, 6.45) is 0.143. The van der Waals surface area contributed by atoms with Crippen LogP contribution in [0.4, 0.5) is 0 Å². The molecule has 18 heteroatoms. The average molecular weight is 955 g/mol.